The van der Waals surface area contributed by atoms with Crippen molar-refractivity contribution in [3.05, 3.63) is 23.8 Å². The van der Waals surface area contributed by atoms with Crippen molar-refractivity contribution in [2.24, 2.45) is 0 Å². The van der Waals surface area contributed by atoms with Gasteiger partial charge in [-0.25, -0.2) is 0 Å². The summed E-state index contributed by atoms with van der Waals surface area (Å²) in [6.07, 6.45) is 0.936. The molecule has 0 aliphatic heterocycles. The highest BCUT2D eigenvalue weighted by Gasteiger charge is 2.07. The second-order valence-electron chi connectivity index (χ2n) is 4.10. The van der Waals surface area contributed by atoms with Gasteiger partial charge in [-0.2, -0.15) is 0 Å². The highest BCUT2D eigenvalue weighted by molar-refractivity contribution is 5.43. The molecule has 0 radical (unpaired) electrons. The smallest absolute Gasteiger partial charge is 0.160 e. The molecule has 1 aromatic carbocycles. The monoisotopic (exact) mass is 247 g/mol. The topological polar surface area (TPSA) is 30.5 Å². The van der Waals surface area contributed by atoms with E-state index in [0.29, 0.717) is 6.04 Å². The van der Waals surface area contributed by atoms with Gasteiger partial charge < -0.3 is 14.8 Å². The lowest BCUT2D eigenvalue weighted by Crippen LogP contribution is -2.28. The maximum Gasteiger partial charge on any atom is 0.160 e. The van der Waals surface area contributed by atoms with E-state index in [-0.39, 0.29) is 0 Å². The van der Waals surface area contributed by atoms with Crippen molar-refractivity contribution >= 4 is 0 Å². The first-order valence-electron chi connectivity index (χ1n) is 6.05. The number of hydrogen-bond donors (Lipinski definition) is 1. The Morgan fingerprint density at radius 2 is 1.94 bits per heavy atom. The zero-order valence-electron chi connectivity index (χ0n) is 11.5. The van der Waals surface area contributed by atoms with E-state index in [0.717, 1.165) is 24.5 Å². The van der Waals surface area contributed by atoms with E-state index in [1.807, 2.05) is 19.1 Å². The van der Waals surface area contributed by atoms with Gasteiger partial charge in [-0.05, 0) is 38.0 Å². The number of hydrogen-bond acceptors (Lipinski definition) is 3. The summed E-state index contributed by atoms with van der Waals surface area (Å²) in [6, 6.07) is 6.39. The fourth-order valence-electron chi connectivity index (χ4n) is 1.75. The highest BCUT2D eigenvalue weighted by atomic mass is 16.5. The van der Waals surface area contributed by atoms with E-state index in [1.54, 1.807) is 14.2 Å². The maximum atomic E-state index is 5.29. The van der Waals surface area contributed by atoms with E-state index >= 15 is 0 Å². The van der Waals surface area contributed by atoms with Crippen LogP contribution in [-0.2, 0) is 6.42 Å². The molecule has 3 nitrogen and oxygen atoms in total. The Morgan fingerprint density at radius 1 is 1.22 bits per heavy atom. The van der Waals surface area contributed by atoms with E-state index in [2.05, 4.69) is 30.1 Å². The molecule has 3 heteroatoms. The molecule has 0 heterocycles. The summed E-state index contributed by atoms with van der Waals surface area (Å²) in [5, 5.41) is 3.35. The predicted molar refractivity (Wildman–Crippen MR) is 74.2 cm³/mol. The van der Waals surface area contributed by atoms with Crippen LogP contribution in [0.1, 0.15) is 19.4 Å². The summed E-state index contributed by atoms with van der Waals surface area (Å²) >= 11 is 0. The number of ether oxygens (including phenoxy) is 2. The summed E-state index contributed by atoms with van der Waals surface area (Å²) in [7, 11) is 3.30. The van der Waals surface area contributed by atoms with Gasteiger partial charge in [-0.1, -0.05) is 12.0 Å². The van der Waals surface area contributed by atoms with Crippen LogP contribution in [0.2, 0.25) is 0 Å². The van der Waals surface area contributed by atoms with Crippen LogP contribution in [0.5, 0.6) is 11.5 Å². The molecule has 0 bridgehead atoms. The Morgan fingerprint density at radius 3 is 2.56 bits per heavy atom. The van der Waals surface area contributed by atoms with Crippen LogP contribution in [0.3, 0.4) is 0 Å². The zero-order valence-corrected chi connectivity index (χ0v) is 11.5. The minimum absolute atomic E-state index is 0.379. The van der Waals surface area contributed by atoms with Gasteiger partial charge in [0.15, 0.2) is 11.5 Å². The lowest BCUT2D eigenvalue weighted by atomic mass is 10.1. The Hall–Kier alpha value is -1.66. The van der Waals surface area contributed by atoms with Crippen LogP contribution in [0, 0.1) is 11.8 Å². The van der Waals surface area contributed by atoms with E-state index in [9.17, 15) is 0 Å². The number of rotatable bonds is 6. The third-order valence-electron chi connectivity index (χ3n) is 2.71. The lowest BCUT2D eigenvalue weighted by Gasteiger charge is -2.14. The minimum Gasteiger partial charge on any atom is -0.493 e. The second-order valence-corrected chi connectivity index (χ2v) is 4.10. The quantitative estimate of drug-likeness (QED) is 0.782. The molecular weight excluding hydrogens is 226 g/mol. The molecule has 1 rings (SSSR count). The standard InChI is InChI=1S/C15H21NO2/c1-5-6-9-16-12(2)10-13-7-8-14(17-3)15(11-13)18-4/h7-8,11-12,16H,9-10H2,1-4H3. The molecule has 0 spiro atoms. The van der Waals surface area contributed by atoms with Gasteiger partial charge in [0.2, 0.25) is 0 Å². The minimum atomic E-state index is 0.379. The summed E-state index contributed by atoms with van der Waals surface area (Å²) in [4.78, 5) is 0. The molecule has 0 aliphatic rings. The lowest BCUT2D eigenvalue weighted by molar-refractivity contribution is 0.354. The molecule has 98 valence electrons. The largest absolute Gasteiger partial charge is 0.493 e. The molecule has 1 atom stereocenters. The van der Waals surface area contributed by atoms with E-state index < -0.39 is 0 Å². The molecule has 0 aliphatic carbocycles. The molecule has 1 aromatic rings. The molecule has 18 heavy (non-hydrogen) atoms. The third-order valence-corrected chi connectivity index (χ3v) is 2.71. The van der Waals surface area contributed by atoms with Crippen molar-refractivity contribution in [2.45, 2.75) is 26.3 Å². The zero-order chi connectivity index (χ0) is 13.4. The molecule has 1 unspecified atom stereocenters. The summed E-state index contributed by atoms with van der Waals surface area (Å²) in [5.41, 5.74) is 1.22. The first kappa shape index (κ1) is 14.4. The van der Waals surface area contributed by atoms with Crippen LogP contribution in [-0.4, -0.2) is 26.8 Å². The van der Waals surface area contributed by atoms with Crippen molar-refractivity contribution < 1.29 is 9.47 Å². The average molecular weight is 247 g/mol. The molecule has 0 saturated heterocycles. The molecule has 0 aromatic heterocycles. The van der Waals surface area contributed by atoms with Crippen LogP contribution >= 0.6 is 0 Å². The molecule has 0 saturated carbocycles. The number of benzene rings is 1. The average Bonchev–Trinajstić information content (AvgIpc) is 2.39. The fourth-order valence-corrected chi connectivity index (χ4v) is 1.75. The van der Waals surface area contributed by atoms with Gasteiger partial charge in [0.05, 0.1) is 20.8 Å². The van der Waals surface area contributed by atoms with Crippen molar-refractivity contribution in [1.82, 2.24) is 5.32 Å². The Kier molecular flexibility index (Phi) is 6.10. The van der Waals surface area contributed by atoms with Crippen molar-refractivity contribution in [3.63, 3.8) is 0 Å². The van der Waals surface area contributed by atoms with Gasteiger partial charge in [0, 0.05) is 6.04 Å². The fraction of sp³-hybridized carbons (Fsp3) is 0.467. The van der Waals surface area contributed by atoms with Gasteiger partial charge in [0.1, 0.15) is 0 Å². The molecule has 0 amide bonds. The number of methoxy groups -OCH3 is 2. The van der Waals surface area contributed by atoms with Gasteiger partial charge in [-0.3, -0.25) is 0 Å². The molecule has 1 N–H and O–H groups in total. The summed E-state index contributed by atoms with van der Waals surface area (Å²) < 4.78 is 10.5. The van der Waals surface area contributed by atoms with Crippen LogP contribution in [0.25, 0.3) is 0 Å². The molecule has 0 fully saturated rings. The Bertz CT molecular complexity index is 432. The first-order valence-corrected chi connectivity index (χ1v) is 6.05. The van der Waals surface area contributed by atoms with Gasteiger partial charge in [0.25, 0.3) is 0 Å². The van der Waals surface area contributed by atoms with E-state index in [4.69, 9.17) is 9.47 Å². The Balaban J connectivity index is 2.63. The van der Waals surface area contributed by atoms with Crippen LogP contribution in [0.4, 0.5) is 0 Å². The third kappa shape index (κ3) is 4.31. The van der Waals surface area contributed by atoms with E-state index in [1.165, 1.54) is 5.56 Å². The van der Waals surface area contributed by atoms with Gasteiger partial charge >= 0.3 is 0 Å². The second kappa shape index (κ2) is 7.62. The number of nitrogens with one attached hydrogen (secondary N) is 1. The van der Waals surface area contributed by atoms with Crippen molar-refractivity contribution in [1.29, 1.82) is 0 Å². The van der Waals surface area contributed by atoms with Crippen molar-refractivity contribution in [2.75, 3.05) is 20.8 Å². The molecular formula is C15H21NO2. The maximum absolute atomic E-state index is 5.29. The summed E-state index contributed by atoms with van der Waals surface area (Å²) in [5.74, 6) is 7.41. The van der Waals surface area contributed by atoms with Crippen LogP contribution in [0.15, 0.2) is 18.2 Å². The Labute approximate surface area is 109 Å². The SMILES string of the molecule is CC#CCNC(C)Cc1ccc(OC)c(OC)c1. The van der Waals surface area contributed by atoms with Gasteiger partial charge in [-0.15, -0.1) is 5.92 Å². The summed E-state index contributed by atoms with van der Waals surface area (Å²) in [6.45, 7) is 4.72. The highest BCUT2D eigenvalue weighted by Crippen LogP contribution is 2.27. The first-order chi connectivity index (χ1) is 8.71. The van der Waals surface area contributed by atoms with Crippen molar-refractivity contribution in [3.8, 4) is 23.3 Å². The normalized spacial score (nSPS) is 11.3. The predicted octanol–water partition coefficient (Wildman–Crippen LogP) is 2.25. The van der Waals surface area contributed by atoms with Crippen LogP contribution < -0.4 is 14.8 Å².